The molecule has 0 aromatic heterocycles. The van der Waals surface area contributed by atoms with E-state index in [1.807, 2.05) is 29.5 Å². The normalized spacial score (nSPS) is 10.6. The minimum Gasteiger partial charge on any atom is -0.490 e. The zero-order valence-corrected chi connectivity index (χ0v) is 17.0. The second-order valence-electron chi connectivity index (χ2n) is 5.06. The molecule has 1 amide bonds. The van der Waals surface area contributed by atoms with Gasteiger partial charge in [0.05, 0.1) is 16.4 Å². The molecular formula is C18H16ClIN2O4. The van der Waals surface area contributed by atoms with Gasteiger partial charge in [-0.05, 0) is 71.5 Å². The zero-order chi connectivity index (χ0) is 19.1. The highest BCUT2D eigenvalue weighted by molar-refractivity contribution is 14.1. The monoisotopic (exact) mass is 486 g/mol. The van der Waals surface area contributed by atoms with Crippen LogP contribution in [0.2, 0.25) is 5.02 Å². The van der Waals surface area contributed by atoms with Gasteiger partial charge in [0, 0.05) is 17.5 Å². The molecule has 0 fully saturated rings. The van der Waals surface area contributed by atoms with Crippen molar-refractivity contribution >= 4 is 52.3 Å². The molecular weight excluding hydrogens is 471 g/mol. The van der Waals surface area contributed by atoms with Crippen LogP contribution in [0.4, 0.5) is 0 Å². The quantitative estimate of drug-likeness (QED) is 0.220. The molecule has 2 aromatic carbocycles. The van der Waals surface area contributed by atoms with E-state index < -0.39 is 5.97 Å². The van der Waals surface area contributed by atoms with Gasteiger partial charge in [-0.25, -0.2) is 5.43 Å². The lowest BCUT2D eigenvalue weighted by Gasteiger charge is -2.12. The summed E-state index contributed by atoms with van der Waals surface area (Å²) in [5.41, 5.74) is 3.57. The maximum atomic E-state index is 12.0. The molecule has 0 saturated carbocycles. The summed E-state index contributed by atoms with van der Waals surface area (Å²) in [4.78, 5) is 23.3. The van der Waals surface area contributed by atoms with Crippen LogP contribution in [0, 0.1) is 3.57 Å². The van der Waals surface area contributed by atoms with E-state index in [-0.39, 0.29) is 5.91 Å². The van der Waals surface area contributed by atoms with Crippen molar-refractivity contribution in [3.8, 4) is 11.5 Å². The van der Waals surface area contributed by atoms with Gasteiger partial charge < -0.3 is 9.47 Å². The summed E-state index contributed by atoms with van der Waals surface area (Å²) in [6, 6.07) is 9.92. The van der Waals surface area contributed by atoms with E-state index in [0.29, 0.717) is 37.8 Å². The highest BCUT2D eigenvalue weighted by Gasteiger charge is 2.13. The first kappa shape index (κ1) is 20.2. The van der Waals surface area contributed by atoms with Gasteiger partial charge in [-0.1, -0.05) is 11.6 Å². The molecule has 0 spiro atoms. The van der Waals surface area contributed by atoms with Crippen molar-refractivity contribution in [2.75, 3.05) is 6.61 Å². The molecule has 0 heterocycles. The molecule has 0 aliphatic carbocycles. The fourth-order valence-corrected chi connectivity index (χ4v) is 2.86. The Hall–Kier alpha value is -2.13. The molecule has 26 heavy (non-hydrogen) atoms. The first-order chi connectivity index (χ1) is 12.4. The number of carbonyl (C=O) groups is 2. The average molecular weight is 487 g/mol. The lowest BCUT2D eigenvalue weighted by Crippen LogP contribution is -2.17. The topological polar surface area (TPSA) is 77.0 Å². The number of nitrogens with zero attached hydrogens (tertiary/aromatic N) is 1. The Morgan fingerprint density at radius 2 is 1.96 bits per heavy atom. The predicted molar refractivity (Wildman–Crippen MR) is 108 cm³/mol. The molecule has 2 aromatic rings. The molecule has 0 aliphatic rings. The third-order valence-electron chi connectivity index (χ3n) is 3.06. The number of halogens is 2. The largest absolute Gasteiger partial charge is 0.490 e. The average Bonchev–Trinajstić information content (AvgIpc) is 2.58. The Balaban J connectivity index is 2.15. The minimum atomic E-state index is -0.430. The van der Waals surface area contributed by atoms with Crippen LogP contribution in [0.3, 0.4) is 0 Å². The van der Waals surface area contributed by atoms with E-state index in [0.717, 1.165) is 0 Å². The lowest BCUT2D eigenvalue weighted by atomic mass is 10.2. The molecule has 0 radical (unpaired) electrons. The number of amides is 1. The van der Waals surface area contributed by atoms with E-state index in [1.54, 1.807) is 36.4 Å². The van der Waals surface area contributed by atoms with E-state index in [9.17, 15) is 9.59 Å². The van der Waals surface area contributed by atoms with Crippen LogP contribution in [0.15, 0.2) is 41.5 Å². The number of esters is 1. The molecule has 0 unspecified atom stereocenters. The number of nitrogens with one attached hydrogen (secondary N) is 1. The van der Waals surface area contributed by atoms with Crippen LogP contribution in [0.25, 0.3) is 0 Å². The maximum absolute atomic E-state index is 12.0. The molecule has 0 atom stereocenters. The van der Waals surface area contributed by atoms with E-state index in [1.165, 1.54) is 13.1 Å². The van der Waals surface area contributed by atoms with Crippen molar-refractivity contribution < 1.29 is 19.1 Å². The van der Waals surface area contributed by atoms with E-state index >= 15 is 0 Å². The number of benzene rings is 2. The molecule has 8 heteroatoms. The molecule has 6 nitrogen and oxygen atoms in total. The zero-order valence-electron chi connectivity index (χ0n) is 14.1. The molecule has 0 aliphatic heterocycles. The second kappa shape index (κ2) is 9.54. The van der Waals surface area contributed by atoms with Crippen molar-refractivity contribution in [2.45, 2.75) is 13.8 Å². The van der Waals surface area contributed by atoms with Gasteiger partial charge in [0.15, 0.2) is 11.5 Å². The second-order valence-corrected chi connectivity index (χ2v) is 6.66. The molecule has 1 N–H and O–H groups in total. The molecule has 0 saturated heterocycles. The summed E-state index contributed by atoms with van der Waals surface area (Å²) in [7, 11) is 0. The minimum absolute atomic E-state index is 0.353. The number of hydrogen-bond donors (Lipinski definition) is 1. The lowest BCUT2D eigenvalue weighted by molar-refractivity contribution is -0.132. The SMILES string of the molecule is CCOc1cc(/C=N\NC(=O)c2ccc(Cl)cc2)cc(I)c1OC(C)=O. The van der Waals surface area contributed by atoms with Crippen LogP contribution >= 0.6 is 34.2 Å². The van der Waals surface area contributed by atoms with Crippen LogP contribution in [0.5, 0.6) is 11.5 Å². The standard InChI is InChI=1S/C18H16ClIN2O4/c1-3-25-16-9-12(8-15(20)17(16)26-11(2)23)10-21-22-18(24)13-4-6-14(19)7-5-13/h4-10H,3H2,1-2H3,(H,22,24)/b21-10-. The van der Waals surface area contributed by atoms with Gasteiger partial charge in [-0.2, -0.15) is 5.10 Å². The number of ether oxygens (including phenoxy) is 2. The van der Waals surface area contributed by atoms with Gasteiger partial charge in [0.25, 0.3) is 5.91 Å². The number of hydrogen-bond acceptors (Lipinski definition) is 5. The summed E-state index contributed by atoms with van der Waals surface area (Å²) >= 11 is 7.84. The van der Waals surface area contributed by atoms with Crippen LogP contribution in [-0.2, 0) is 4.79 Å². The number of carbonyl (C=O) groups excluding carboxylic acids is 2. The molecule has 0 bridgehead atoms. The Bertz CT molecular complexity index is 838. The highest BCUT2D eigenvalue weighted by atomic mass is 127. The smallest absolute Gasteiger partial charge is 0.308 e. The van der Waals surface area contributed by atoms with Crippen LogP contribution in [0.1, 0.15) is 29.8 Å². The van der Waals surface area contributed by atoms with E-state index in [4.69, 9.17) is 21.1 Å². The Labute approximate surface area is 169 Å². The first-order valence-corrected chi connectivity index (χ1v) is 9.10. The van der Waals surface area contributed by atoms with E-state index in [2.05, 4.69) is 10.5 Å². The fraction of sp³-hybridized carbons (Fsp3) is 0.167. The van der Waals surface area contributed by atoms with Crippen LogP contribution in [-0.4, -0.2) is 24.7 Å². The van der Waals surface area contributed by atoms with Crippen molar-refractivity contribution in [1.82, 2.24) is 5.43 Å². The maximum Gasteiger partial charge on any atom is 0.308 e. The van der Waals surface area contributed by atoms with Crippen molar-refractivity contribution in [2.24, 2.45) is 5.10 Å². The summed E-state index contributed by atoms with van der Waals surface area (Å²) < 4.78 is 11.4. The van der Waals surface area contributed by atoms with Crippen molar-refractivity contribution in [1.29, 1.82) is 0 Å². The summed E-state index contributed by atoms with van der Waals surface area (Å²) in [5, 5.41) is 4.50. The highest BCUT2D eigenvalue weighted by Crippen LogP contribution is 2.34. The summed E-state index contributed by atoms with van der Waals surface area (Å²) in [6.07, 6.45) is 1.48. The van der Waals surface area contributed by atoms with Crippen LogP contribution < -0.4 is 14.9 Å². The van der Waals surface area contributed by atoms with Gasteiger partial charge in [0.2, 0.25) is 0 Å². The number of rotatable bonds is 6. The summed E-state index contributed by atoms with van der Waals surface area (Å²) in [6.45, 7) is 3.57. The van der Waals surface area contributed by atoms with Gasteiger partial charge in [-0.3, -0.25) is 9.59 Å². The number of hydrazone groups is 1. The molecule has 136 valence electrons. The van der Waals surface area contributed by atoms with Gasteiger partial charge in [0.1, 0.15) is 0 Å². The molecule has 2 rings (SSSR count). The summed E-state index contributed by atoms with van der Waals surface area (Å²) in [5.74, 6) is 0.0112. The van der Waals surface area contributed by atoms with Gasteiger partial charge >= 0.3 is 5.97 Å². The van der Waals surface area contributed by atoms with Crippen molar-refractivity contribution in [3.63, 3.8) is 0 Å². The first-order valence-electron chi connectivity index (χ1n) is 7.64. The predicted octanol–water partition coefficient (Wildman–Crippen LogP) is 4.03. The Kier molecular flexibility index (Phi) is 7.40. The van der Waals surface area contributed by atoms with Gasteiger partial charge in [-0.15, -0.1) is 0 Å². The van der Waals surface area contributed by atoms with Crippen molar-refractivity contribution in [3.05, 3.63) is 56.1 Å². The Morgan fingerprint density at radius 1 is 1.27 bits per heavy atom. The third-order valence-corrected chi connectivity index (χ3v) is 4.12. The third kappa shape index (κ3) is 5.70. The fourth-order valence-electron chi connectivity index (χ4n) is 2.00. The Morgan fingerprint density at radius 3 is 2.58 bits per heavy atom.